The fraction of sp³-hybridized carbons (Fsp3) is 0.278. The van der Waals surface area contributed by atoms with Crippen LogP contribution in [0.15, 0.2) is 53.4 Å². The van der Waals surface area contributed by atoms with E-state index in [4.69, 9.17) is 9.15 Å². The van der Waals surface area contributed by atoms with Gasteiger partial charge in [0.15, 0.2) is 0 Å². The van der Waals surface area contributed by atoms with Gasteiger partial charge in [-0.3, -0.25) is 4.79 Å². The van der Waals surface area contributed by atoms with E-state index in [1.807, 2.05) is 24.3 Å². The van der Waals surface area contributed by atoms with E-state index >= 15 is 0 Å². The molecule has 122 valence electrons. The Morgan fingerprint density at radius 3 is 2.70 bits per heavy atom. The van der Waals surface area contributed by atoms with Crippen molar-refractivity contribution in [3.63, 3.8) is 0 Å². The fourth-order valence-electron chi connectivity index (χ4n) is 2.12. The number of amides is 1. The van der Waals surface area contributed by atoms with Gasteiger partial charge in [-0.25, -0.2) is 0 Å². The second-order valence-corrected chi connectivity index (χ2v) is 5.63. The maximum Gasteiger partial charge on any atom is 0.244 e. The predicted molar refractivity (Wildman–Crippen MR) is 88.1 cm³/mol. The molecule has 1 aromatic carbocycles. The van der Waals surface area contributed by atoms with Crippen LogP contribution in [0.1, 0.15) is 18.1 Å². The summed E-state index contributed by atoms with van der Waals surface area (Å²) in [6.45, 7) is 1.85. The molecule has 0 fully saturated rings. The Morgan fingerprint density at radius 2 is 2.09 bits per heavy atom. The zero-order chi connectivity index (χ0) is 16.7. The molecular formula is C18H21NO4. The van der Waals surface area contributed by atoms with Crippen molar-refractivity contribution in [2.24, 2.45) is 0 Å². The van der Waals surface area contributed by atoms with Gasteiger partial charge in [0, 0.05) is 24.6 Å². The summed E-state index contributed by atoms with van der Waals surface area (Å²) in [4.78, 5) is 11.8. The van der Waals surface area contributed by atoms with Crippen LogP contribution in [-0.2, 0) is 11.2 Å². The minimum atomic E-state index is -1.03. The summed E-state index contributed by atoms with van der Waals surface area (Å²) in [5.41, 5.74) is 0.748. The predicted octanol–water partition coefficient (Wildman–Crippen LogP) is 2.41. The van der Waals surface area contributed by atoms with E-state index in [0.717, 1.165) is 16.9 Å². The van der Waals surface area contributed by atoms with Crippen molar-refractivity contribution in [2.45, 2.75) is 18.9 Å². The quantitative estimate of drug-likeness (QED) is 0.770. The molecule has 0 spiro atoms. The lowest BCUT2D eigenvalue weighted by Crippen LogP contribution is -2.41. The van der Waals surface area contributed by atoms with Crippen LogP contribution >= 0.6 is 0 Å². The molecule has 2 N–H and O–H groups in total. The Kier molecular flexibility index (Phi) is 5.60. The molecule has 2 rings (SSSR count). The van der Waals surface area contributed by atoms with Crippen molar-refractivity contribution in [1.29, 1.82) is 0 Å². The Morgan fingerprint density at radius 1 is 1.35 bits per heavy atom. The molecule has 23 heavy (non-hydrogen) atoms. The van der Waals surface area contributed by atoms with Crippen LogP contribution in [0.3, 0.4) is 0 Å². The molecule has 1 atom stereocenters. The van der Waals surface area contributed by atoms with E-state index in [9.17, 15) is 9.90 Å². The molecule has 2 aromatic rings. The van der Waals surface area contributed by atoms with E-state index in [1.54, 1.807) is 32.4 Å². The Hall–Kier alpha value is -2.53. The van der Waals surface area contributed by atoms with Crippen molar-refractivity contribution >= 4 is 12.0 Å². The number of hydrogen-bond donors (Lipinski definition) is 2. The number of carbonyl (C=O) groups is 1. The van der Waals surface area contributed by atoms with Gasteiger partial charge >= 0.3 is 0 Å². The highest BCUT2D eigenvalue weighted by Crippen LogP contribution is 2.16. The van der Waals surface area contributed by atoms with Gasteiger partial charge in [0.25, 0.3) is 0 Å². The molecule has 0 saturated heterocycles. The third-order valence-electron chi connectivity index (χ3n) is 3.36. The smallest absolute Gasteiger partial charge is 0.244 e. The lowest BCUT2D eigenvalue weighted by molar-refractivity contribution is -0.117. The maximum atomic E-state index is 11.8. The lowest BCUT2D eigenvalue weighted by Gasteiger charge is -2.23. The third-order valence-corrected chi connectivity index (χ3v) is 3.36. The maximum absolute atomic E-state index is 11.8. The van der Waals surface area contributed by atoms with E-state index in [2.05, 4.69) is 5.32 Å². The number of ether oxygens (including phenoxy) is 1. The highest BCUT2D eigenvalue weighted by molar-refractivity contribution is 5.91. The van der Waals surface area contributed by atoms with Crippen LogP contribution < -0.4 is 10.1 Å². The molecule has 0 bridgehead atoms. The minimum absolute atomic E-state index is 0.160. The van der Waals surface area contributed by atoms with Crippen molar-refractivity contribution in [3.05, 3.63) is 60.1 Å². The average molecular weight is 315 g/mol. The molecule has 1 unspecified atom stereocenters. The molecule has 1 heterocycles. The van der Waals surface area contributed by atoms with Crippen LogP contribution in [-0.4, -0.2) is 30.3 Å². The largest absolute Gasteiger partial charge is 0.497 e. The molecule has 1 amide bonds. The van der Waals surface area contributed by atoms with Crippen LogP contribution in [0.5, 0.6) is 5.75 Å². The first-order valence-electron chi connectivity index (χ1n) is 7.32. The first-order valence-corrected chi connectivity index (χ1v) is 7.32. The summed E-state index contributed by atoms with van der Waals surface area (Å²) in [5, 5.41) is 13.1. The second kappa shape index (κ2) is 7.65. The minimum Gasteiger partial charge on any atom is -0.497 e. The van der Waals surface area contributed by atoms with Gasteiger partial charge in [-0.2, -0.15) is 0 Å². The molecule has 0 saturated carbocycles. The number of carbonyl (C=O) groups excluding carboxylic acids is 1. The van der Waals surface area contributed by atoms with E-state index in [0.29, 0.717) is 6.42 Å². The van der Waals surface area contributed by atoms with Crippen LogP contribution in [0, 0.1) is 0 Å². The molecule has 0 aliphatic carbocycles. The van der Waals surface area contributed by atoms with Gasteiger partial charge in [-0.05, 0) is 36.8 Å². The standard InChI is InChI=1S/C18H21NO4/c1-18(21,11-14-3-6-16(22-2)7-4-14)13-19-17(20)8-5-15-9-10-23-12-15/h3-10,12,21H,11,13H2,1-2H3,(H,19,20). The van der Waals surface area contributed by atoms with Gasteiger partial charge < -0.3 is 19.6 Å². The van der Waals surface area contributed by atoms with Crippen molar-refractivity contribution in [1.82, 2.24) is 5.32 Å². The Labute approximate surface area is 135 Å². The van der Waals surface area contributed by atoms with E-state index in [1.165, 1.54) is 12.3 Å². The molecule has 5 heteroatoms. The summed E-state index contributed by atoms with van der Waals surface area (Å²) >= 11 is 0. The Bertz CT molecular complexity index is 642. The second-order valence-electron chi connectivity index (χ2n) is 5.63. The summed E-state index contributed by atoms with van der Waals surface area (Å²) in [7, 11) is 1.61. The van der Waals surface area contributed by atoms with Crippen LogP contribution in [0.2, 0.25) is 0 Å². The molecule has 0 aliphatic heterocycles. The zero-order valence-electron chi connectivity index (χ0n) is 13.3. The van der Waals surface area contributed by atoms with Crippen molar-refractivity contribution < 1.29 is 19.1 Å². The third kappa shape index (κ3) is 5.64. The summed E-state index contributed by atoms with van der Waals surface area (Å²) in [5.74, 6) is 0.507. The van der Waals surface area contributed by atoms with Crippen LogP contribution in [0.25, 0.3) is 6.08 Å². The zero-order valence-corrected chi connectivity index (χ0v) is 13.3. The molecule has 0 aliphatic rings. The first kappa shape index (κ1) is 16.8. The summed E-state index contributed by atoms with van der Waals surface area (Å²) in [6.07, 6.45) is 6.58. The van der Waals surface area contributed by atoms with Crippen molar-refractivity contribution in [2.75, 3.05) is 13.7 Å². The average Bonchev–Trinajstić information content (AvgIpc) is 3.05. The summed E-state index contributed by atoms with van der Waals surface area (Å²) in [6, 6.07) is 9.24. The molecular weight excluding hydrogens is 294 g/mol. The van der Waals surface area contributed by atoms with Crippen LogP contribution in [0.4, 0.5) is 0 Å². The van der Waals surface area contributed by atoms with Crippen molar-refractivity contribution in [3.8, 4) is 5.75 Å². The number of benzene rings is 1. The monoisotopic (exact) mass is 315 g/mol. The fourth-order valence-corrected chi connectivity index (χ4v) is 2.12. The summed E-state index contributed by atoms with van der Waals surface area (Å²) < 4.78 is 10.0. The van der Waals surface area contributed by atoms with E-state index < -0.39 is 5.60 Å². The Balaban J connectivity index is 1.83. The number of nitrogens with one attached hydrogen (secondary N) is 1. The lowest BCUT2D eigenvalue weighted by atomic mass is 9.96. The molecule has 5 nitrogen and oxygen atoms in total. The number of aliphatic hydroxyl groups is 1. The number of rotatable bonds is 7. The van der Waals surface area contributed by atoms with Gasteiger partial charge in [0.2, 0.25) is 5.91 Å². The van der Waals surface area contributed by atoms with Gasteiger partial charge in [0.05, 0.1) is 25.2 Å². The van der Waals surface area contributed by atoms with Gasteiger partial charge in [0.1, 0.15) is 5.75 Å². The van der Waals surface area contributed by atoms with E-state index in [-0.39, 0.29) is 12.5 Å². The first-order chi connectivity index (χ1) is 11.0. The normalized spacial score (nSPS) is 13.7. The molecule has 0 radical (unpaired) electrons. The number of methoxy groups -OCH3 is 1. The SMILES string of the molecule is COc1ccc(CC(C)(O)CNC(=O)C=Cc2ccoc2)cc1. The molecule has 1 aromatic heterocycles. The number of hydrogen-bond acceptors (Lipinski definition) is 4. The highest BCUT2D eigenvalue weighted by atomic mass is 16.5. The topological polar surface area (TPSA) is 71.7 Å². The number of furan rings is 1. The van der Waals surface area contributed by atoms with Gasteiger partial charge in [-0.1, -0.05) is 12.1 Å². The van der Waals surface area contributed by atoms with Gasteiger partial charge in [-0.15, -0.1) is 0 Å². The highest BCUT2D eigenvalue weighted by Gasteiger charge is 2.21.